The third-order valence-electron chi connectivity index (χ3n) is 4.45. The highest BCUT2D eigenvalue weighted by molar-refractivity contribution is 7.89. The summed E-state index contributed by atoms with van der Waals surface area (Å²) in [6, 6.07) is 4.82. The molecule has 2 heterocycles. The van der Waals surface area contributed by atoms with Crippen LogP contribution in [0.2, 0.25) is 5.02 Å². The van der Waals surface area contributed by atoms with Gasteiger partial charge in [-0.3, -0.25) is 0 Å². The van der Waals surface area contributed by atoms with Crippen LogP contribution in [0.4, 0.5) is 0 Å². The van der Waals surface area contributed by atoms with Gasteiger partial charge in [0.2, 0.25) is 10.0 Å². The van der Waals surface area contributed by atoms with Gasteiger partial charge in [-0.05, 0) is 43.0 Å². The number of ether oxygens (including phenoxy) is 2. The van der Waals surface area contributed by atoms with Crippen LogP contribution in [-0.2, 0) is 16.4 Å². The zero-order valence-electron chi connectivity index (χ0n) is 15.3. The second-order valence-electron chi connectivity index (χ2n) is 6.27. The van der Waals surface area contributed by atoms with E-state index in [0.717, 1.165) is 18.4 Å². The van der Waals surface area contributed by atoms with Crippen molar-refractivity contribution >= 4 is 21.6 Å². The molecule has 146 valence electrons. The lowest BCUT2D eigenvalue weighted by atomic mass is 10.1. The van der Waals surface area contributed by atoms with E-state index >= 15 is 0 Å². The van der Waals surface area contributed by atoms with E-state index in [1.54, 1.807) is 24.5 Å². The molecule has 0 bridgehead atoms. The van der Waals surface area contributed by atoms with Crippen molar-refractivity contribution in [1.82, 2.24) is 14.3 Å². The van der Waals surface area contributed by atoms with Crippen LogP contribution in [0.25, 0.3) is 0 Å². The van der Waals surface area contributed by atoms with Crippen LogP contribution < -0.4 is 9.47 Å². The standard InChI is InChI=1S/C18H22ClN3O4S/c1-3-13-10-20-18(21-11-13)26-15-5-4-8-22(12-15)27(23,24)17-9-14(19)6-7-16(17)25-2/h6-7,9-11,15H,3-5,8,12H2,1-2H3. The minimum absolute atomic E-state index is 0.0571. The van der Waals surface area contributed by atoms with Crippen molar-refractivity contribution in [3.63, 3.8) is 0 Å². The van der Waals surface area contributed by atoms with E-state index in [1.807, 2.05) is 6.92 Å². The van der Waals surface area contributed by atoms with Crippen LogP contribution in [0.5, 0.6) is 11.8 Å². The Kier molecular flexibility index (Phi) is 6.18. The first kappa shape index (κ1) is 19.9. The zero-order chi connectivity index (χ0) is 19.4. The average molecular weight is 412 g/mol. The molecular formula is C18H22ClN3O4S. The lowest BCUT2D eigenvalue weighted by molar-refractivity contribution is 0.119. The predicted octanol–water partition coefficient (Wildman–Crippen LogP) is 2.93. The molecule has 0 spiro atoms. The molecule has 9 heteroatoms. The number of sulfonamides is 1. The van der Waals surface area contributed by atoms with Gasteiger partial charge in [-0.25, -0.2) is 18.4 Å². The summed E-state index contributed by atoms with van der Waals surface area (Å²) in [5.41, 5.74) is 1.02. The molecule has 0 saturated carbocycles. The first-order valence-electron chi connectivity index (χ1n) is 8.75. The first-order chi connectivity index (χ1) is 12.9. The van der Waals surface area contributed by atoms with Crippen molar-refractivity contribution in [3.05, 3.63) is 41.2 Å². The molecule has 1 aromatic carbocycles. The van der Waals surface area contributed by atoms with Crippen LogP contribution in [0.3, 0.4) is 0 Å². The maximum Gasteiger partial charge on any atom is 0.316 e. The van der Waals surface area contributed by atoms with Gasteiger partial charge in [0.25, 0.3) is 0 Å². The second-order valence-corrected chi connectivity index (χ2v) is 8.61. The highest BCUT2D eigenvalue weighted by Gasteiger charge is 2.33. The number of hydrogen-bond donors (Lipinski definition) is 0. The molecule has 1 fully saturated rings. The fourth-order valence-corrected chi connectivity index (χ4v) is 4.87. The molecule has 1 aliphatic rings. The number of methoxy groups -OCH3 is 1. The van der Waals surface area contributed by atoms with Crippen molar-refractivity contribution in [2.45, 2.75) is 37.2 Å². The highest BCUT2D eigenvalue weighted by atomic mass is 35.5. The molecule has 0 aliphatic carbocycles. The number of hydrogen-bond acceptors (Lipinski definition) is 6. The van der Waals surface area contributed by atoms with Gasteiger partial charge in [0.05, 0.1) is 13.7 Å². The highest BCUT2D eigenvalue weighted by Crippen LogP contribution is 2.31. The van der Waals surface area contributed by atoms with Crippen LogP contribution in [0, 0.1) is 0 Å². The van der Waals surface area contributed by atoms with Crippen molar-refractivity contribution in [1.29, 1.82) is 0 Å². The average Bonchev–Trinajstić information content (AvgIpc) is 2.69. The quantitative estimate of drug-likeness (QED) is 0.726. The maximum atomic E-state index is 13.1. The van der Waals surface area contributed by atoms with E-state index in [4.69, 9.17) is 21.1 Å². The third kappa shape index (κ3) is 4.51. The van der Waals surface area contributed by atoms with Gasteiger partial charge in [-0.2, -0.15) is 4.31 Å². The molecule has 0 amide bonds. The Balaban J connectivity index is 1.77. The molecular weight excluding hydrogens is 390 g/mol. The van der Waals surface area contributed by atoms with Gasteiger partial charge in [0, 0.05) is 24.0 Å². The summed E-state index contributed by atoms with van der Waals surface area (Å²) in [5, 5.41) is 0.337. The lowest BCUT2D eigenvalue weighted by Crippen LogP contribution is -2.44. The molecule has 1 unspecified atom stereocenters. The van der Waals surface area contributed by atoms with Crippen LogP contribution in [0.1, 0.15) is 25.3 Å². The lowest BCUT2D eigenvalue weighted by Gasteiger charge is -2.31. The van der Waals surface area contributed by atoms with Gasteiger partial charge in [-0.15, -0.1) is 0 Å². The van der Waals surface area contributed by atoms with E-state index in [0.29, 0.717) is 18.0 Å². The molecule has 1 aromatic heterocycles. The van der Waals surface area contributed by atoms with E-state index in [1.165, 1.54) is 17.5 Å². The van der Waals surface area contributed by atoms with E-state index in [9.17, 15) is 8.42 Å². The Morgan fingerprint density at radius 3 is 2.70 bits per heavy atom. The summed E-state index contributed by atoms with van der Waals surface area (Å²) in [4.78, 5) is 8.44. The summed E-state index contributed by atoms with van der Waals surface area (Å²) in [6.45, 7) is 2.65. The number of halogens is 1. The molecule has 27 heavy (non-hydrogen) atoms. The van der Waals surface area contributed by atoms with E-state index in [-0.39, 0.29) is 29.3 Å². The molecule has 3 rings (SSSR count). The number of piperidine rings is 1. The number of aryl methyl sites for hydroxylation is 1. The van der Waals surface area contributed by atoms with Crippen molar-refractivity contribution in [2.24, 2.45) is 0 Å². The Labute approximate surface area is 164 Å². The molecule has 7 nitrogen and oxygen atoms in total. The van der Waals surface area contributed by atoms with Gasteiger partial charge in [-0.1, -0.05) is 18.5 Å². The van der Waals surface area contributed by atoms with Gasteiger partial charge in [0.1, 0.15) is 16.7 Å². The largest absolute Gasteiger partial charge is 0.495 e. The van der Waals surface area contributed by atoms with Crippen molar-refractivity contribution < 1.29 is 17.9 Å². The summed E-state index contributed by atoms with van der Waals surface area (Å²) >= 11 is 6.00. The Bertz CT molecular complexity index is 890. The van der Waals surface area contributed by atoms with Crippen LogP contribution in [0.15, 0.2) is 35.5 Å². The van der Waals surface area contributed by atoms with Gasteiger partial charge in [0.15, 0.2) is 0 Å². The molecule has 1 saturated heterocycles. The van der Waals surface area contributed by atoms with Crippen LogP contribution in [-0.4, -0.2) is 49.0 Å². The molecule has 1 aliphatic heterocycles. The van der Waals surface area contributed by atoms with Crippen LogP contribution >= 0.6 is 11.6 Å². The third-order valence-corrected chi connectivity index (χ3v) is 6.57. The number of aromatic nitrogens is 2. The monoisotopic (exact) mass is 411 g/mol. The fourth-order valence-electron chi connectivity index (χ4n) is 2.95. The molecule has 0 N–H and O–H groups in total. The van der Waals surface area contributed by atoms with Gasteiger partial charge >= 0.3 is 6.01 Å². The molecule has 0 radical (unpaired) electrons. The summed E-state index contributed by atoms with van der Waals surface area (Å²) < 4.78 is 38.6. The smallest absolute Gasteiger partial charge is 0.316 e. The van der Waals surface area contributed by atoms with Gasteiger partial charge < -0.3 is 9.47 Å². The number of benzene rings is 1. The minimum Gasteiger partial charge on any atom is -0.495 e. The zero-order valence-corrected chi connectivity index (χ0v) is 16.8. The normalized spacial score (nSPS) is 18.3. The number of rotatable bonds is 6. The SMILES string of the molecule is CCc1cnc(OC2CCCN(S(=O)(=O)c3cc(Cl)ccc3OC)C2)nc1. The summed E-state index contributed by atoms with van der Waals surface area (Å²) in [5.74, 6) is 0.265. The summed E-state index contributed by atoms with van der Waals surface area (Å²) in [6.07, 6.45) is 5.38. The topological polar surface area (TPSA) is 81.6 Å². The second kappa shape index (κ2) is 8.41. The van der Waals surface area contributed by atoms with E-state index < -0.39 is 10.0 Å². The molecule has 2 aromatic rings. The Morgan fingerprint density at radius 2 is 2.04 bits per heavy atom. The molecule has 1 atom stereocenters. The Morgan fingerprint density at radius 1 is 1.30 bits per heavy atom. The Hall–Kier alpha value is -1.90. The van der Waals surface area contributed by atoms with E-state index in [2.05, 4.69) is 9.97 Å². The maximum absolute atomic E-state index is 13.1. The van der Waals surface area contributed by atoms with Crippen molar-refractivity contribution in [2.75, 3.05) is 20.2 Å². The fraction of sp³-hybridized carbons (Fsp3) is 0.444. The number of nitrogens with zero attached hydrogens (tertiary/aromatic N) is 3. The minimum atomic E-state index is -3.76. The van der Waals surface area contributed by atoms with Crippen molar-refractivity contribution in [3.8, 4) is 11.8 Å². The summed E-state index contributed by atoms with van der Waals surface area (Å²) in [7, 11) is -2.33. The first-order valence-corrected chi connectivity index (χ1v) is 10.6. The predicted molar refractivity (Wildman–Crippen MR) is 102 cm³/mol.